The lowest BCUT2D eigenvalue weighted by molar-refractivity contribution is 0.625. The maximum atomic E-state index is 14.6. The molecule has 0 atom stereocenters. The van der Waals surface area contributed by atoms with Gasteiger partial charge in [-0.05, 0) is 50.3 Å². The Balaban J connectivity index is 2.34. The van der Waals surface area contributed by atoms with Crippen LogP contribution in [0.2, 0.25) is 0 Å². The lowest BCUT2D eigenvalue weighted by Crippen LogP contribution is -2.08. The Morgan fingerprint density at radius 2 is 1.92 bits per heavy atom. The molecule has 0 N–H and O–H groups in total. The summed E-state index contributed by atoms with van der Waals surface area (Å²) in [7, 11) is 0. The van der Waals surface area contributed by atoms with Crippen molar-refractivity contribution in [1.29, 1.82) is 0 Å². The Kier molecular flexibility index (Phi) is 5.67. The summed E-state index contributed by atoms with van der Waals surface area (Å²) in [5.41, 5.74) is 5.47. The number of pyridine rings is 1. The first-order valence-corrected chi connectivity index (χ1v) is 9.91. The third kappa shape index (κ3) is 3.63. The molecule has 134 valence electrons. The molecule has 0 amide bonds. The number of aromatic nitrogens is 1. The molecule has 0 aliphatic carbocycles. The van der Waals surface area contributed by atoms with Gasteiger partial charge in [-0.15, -0.1) is 11.8 Å². The molecule has 1 aromatic heterocycles. The fourth-order valence-electron chi connectivity index (χ4n) is 2.97. The summed E-state index contributed by atoms with van der Waals surface area (Å²) in [6, 6.07) is 8.66. The number of hydrogen-bond acceptors (Lipinski definition) is 4. The molecular weight excluding hydrogens is 345 g/mol. The van der Waals surface area contributed by atoms with Crippen LogP contribution in [-0.4, -0.2) is 22.0 Å². The highest BCUT2D eigenvalue weighted by Gasteiger charge is 2.22. The number of fused-ring (bicyclic) bond motifs is 1. The van der Waals surface area contributed by atoms with Crippen LogP contribution in [0.1, 0.15) is 43.5 Å². The maximum absolute atomic E-state index is 14.6. The van der Waals surface area contributed by atoms with E-state index in [0.717, 1.165) is 46.1 Å². The van der Waals surface area contributed by atoms with Gasteiger partial charge < -0.3 is 0 Å². The van der Waals surface area contributed by atoms with Gasteiger partial charge in [0.15, 0.2) is 0 Å². The van der Waals surface area contributed by atoms with E-state index >= 15 is 0 Å². The van der Waals surface area contributed by atoms with Crippen molar-refractivity contribution >= 4 is 28.2 Å². The number of halogens is 1. The lowest BCUT2D eigenvalue weighted by atomic mass is 10.0. The number of benzene rings is 1. The molecule has 5 heteroatoms. The zero-order valence-corrected chi connectivity index (χ0v) is 16.3. The highest BCUT2D eigenvalue weighted by molar-refractivity contribution is 8.13. The third-order valence-electron chi connectivity index (χ3n) is 4.27. The minimum absolute atomic E-state index is 0.294. The largest absolute Gasteiger partial charge is 0.261 e. The molecule has 26 heavy (non-hydrogen) atoms. The van der Waals surface area contributed by atoms with E-state index in [1.165, 1.54) is 6.07 Å². The van der Waals surface area contributed by atoms with Crippen molar-refractivity contribution in [2.75, 3.05) is 6.26 Å². The second kappa shape index (κ2) is 7.96. The first kappa shape index (κ1) is 18.5. The Hall–Kier alpha value is -2.27. The van der Waals surface area contributed by atoms with E-state index in [1.54, 1.807) is 30.1 Å². The minimum atomic E-state index is -0.294. The van der Waals surface area contributed by atoms with Crippen LogP contribution in [0.3, 0.4) is 0 Å². The predicted molar refractivity (Wildman–Crippen MR) is 109 cm³/mol. The Bertz CT molecular complexity index is 929. The number of hydrogen-bond donors (Lipinski definition) is 0. The molecule has 2 heterocycles. The van der Waals surface area contributed by atoms with E-state index in [-0.39, 0.29) is 5.82 Å². The van der Waals surface area contributed by atoms with Crippen LogP contribution >= 0.6 is 11.8 Å². The molecule has 3 nitrogen and oxygen atoms in total. The second-order valence-electron chi connectivity index (χ2n) is 6.28. The lowest BCUT2D eigenvalue weighted by Gasteiger charge is -2.10. The minimum Gasteiger partial charge on any atom is -0.261 e. The van der Waals surface area contributed by atoms with Crippen LogP contribution in [0.15, 0.2) is 57.8 Å². The van der Waals surface area contributed by atoms with E-state index in [4.69, 9.17) is 9.98 Å². The van der Waals surface area contributed by atoms with Gasteiger partial charge in [0.25, 0.3) is 0 Å². The van der Waals surface area contributed by atoms with E-state index in [0.29, 0.717) is 11.3 Å². The first-order valence-electron chi connectivity index (χ1n) is 8.68. The zero-order chi connectivity index (χ0) is 18.7. The van der Waals surface area contributed by atoms with Crippen LogP contribution in [0, 0.1) is 12.7 Å². The van der Waals surface area contributed by atoms with Gasteiger partial charge in [0.05, 0.1) is 17.1 Å². The predicted octanol–water partition coefficient (Wildman–Crippen LogP) is 5.85. The highest BCUT2D eigenvalue weighted by atomic mass is 32.2. The quantitative estimate of drug-likeness (QED) is 0.683. The number of nitrogens with zero attached hydrogens (tertiary/aromatic N) is 3. The van der Waals surface area contributed by atoms with E-state index in [1.807, 2.05) is 25.3 Å². The monoisotopic (exact) mass is 367 g/mol. The molecule has 2 aromatic rings. The molecule has 0 spiro atoms. The second-order valence-corrected chi connectivity index (χ2v) is 7.08. The average molecular weight is 367 g/mol. The van der Waals surface area contributed by atoms with E-state index in [9.17, 15) is 4.39 Å². The van der Waals surface area contributed by atoms with Crippen molar-refractivity contribution in [2.45, 2.75) is 33.6 Å². The normalized spacial score (nSPS) is 15.7. The number of aryl methyl sites for hydroxylation is 1. The fraction of sp³-hybridized carbons (Fsp3) is 0.286. The first-order chi connectivity index (χ1) is 12.5. The Morgan fingerprint density at radius 3 is 2.62 bits per heavy atom. The highest BCUT2D eigenvalue weighted by Crippen LogP contribution is 2.32. The molecule has 3 rings (SSSR count). The molecule has 0 bridgehead atoms. The van der Waals surface area contributed by atoms with Gasteiger partial charge in [0.1, 0.15) is 10.9 Å². The van der Waals surface area contributed by atoms with E-state index < -0.39 is 0 Å². The van der Waals surface area contributed by atoms with Crippen LogP contribution in [-0.2, 0) is 0 Å². The summed E-state index contributed by atoms with van der Waals surface area (Å²) >= 11 is 1.56. The van der Waals surface area contributed by atoms with Crippen molar-refractivity contribution in [3.05, 3.63) is 70.4 Å². The Morgan fingerprint density at radius 1 is 1.15 bits per heavy atom. The number of rotatable bonds is 3. The smallest absolute Gasteiger partial charge is 0.132 e. The molecule has 1 aliphatic heterocycles. The molecule has 0 unspecified atom stereocenters. The van der Waals surface area contributed by atoms with Crippen molar-refractivity contribution in [2.24, 2.45) is 9.98 Å². The molecule has 0 radical (unpaired) electrons. The van der Waals surface area contributed by atoms with Crippen molar-refractivity contribution in [1.82, 2.24) is 4.98 Å². The molecule has 0 saturated carbocycles. The van der Waals surface area contributed by atoms with Crippen LogP contribution in [0.4, 0.5) is 10.1 Å². The van der Waals surface area contributed by atoms with Gasteiger partial charge in [0, 0.05) is 23.0 Å². The molecule has 1 aliphatic rings. The fourth-order valence-corrected chi connectivity index (χ4v) is 3.58. The number of allylic oxidation sites excluding steroid dienone is 1. The van der Waals surface area contributed by atoms with Crippen LogP contribution < -0.4 is 0 Å². The number of aliphatic imine (C=N–C) groups is 2. The van der Waals surface area contributed by atoms with Gasteiger partial charge in [-0.2, -0.15) is 0 Å². The number of thioether (sulfide) groups is 1. The molecular formula is C21H22FN3S. The molecule has 0 fully saturated rings. The van der Waals surface area contributed by atoms with Gasteiger partial charge in [0.2, 0.25) is 0 Å². The van der Waals surface area contributed by atoms with Crippen LogP contribution in [0.25, 0.3) is 0 Å². The SMILES string of the molecule is CCC/C(C)=C1/N=C(c2ccccc2F)c2cnc(C)cc2N=C1SC. The van der Waals surface area contributed by atoms with Crippen molar-refractivity contribution < 1.29 is 4.39 Å². The topological polar surface area (TPSA) is 37.6 Å². The summed E-state index contributed by atoms with van der Waals surface area (Å²) in [6.07, 6.45) is 5.69. The summed E-state index contributed by atoms with van der Waals surface area (Å²) in [5.74, 6) is -0.294. The van der Waals surface area contributed by atoms with Gasteiger partial charge in [-0.1, -0.05) is 25.5 Å². The molecule has 0 saturated heterocycles. The van der Waals surface area contributed by atoms with Gasteiger partial charge >= 0.3 is 0 Å². The van der Waals surface area contributed by atoms with Gasteiger partial charge in [-0.25, -0.2) is 14.4 Å². The summed E-state index contributed by atoms with van der Waals surface area (Å²) < 4.78 is 14.6. The average Bonchev–Trinajstić information content (AvgIpc) is 2.78. The zero-order valence-electron chi connectivity index (χ0n) is 15.5. The van der Waals surface area contributed by atoms with Gasteiger partial charge in [-0.3, -0.25) is 4.98 Å². The maximum Gasteiger partial charge on any atom is 0.132 e. The van der Waals surface area contributed by atoms with E-state index in [2.05, 4.69) is 18.8 Å². The molecule has 1 aromatic carbocycles. The standard InChI is InChI=1S/C21H22FN3S/c1-5-8-13(2)19-21(26-4)24-18-11-14(3)23-12-16(18)20(25-19)15-9-6-7-10-17(15)22/h6-7,9-12H,5,8H2,1-4H3/b19-13+. The summed E-state index contributed by atoms with van der Waals surface area (Å²) in [6.45, 7) is 6.14. The Labute approximate surface area is 158 Å². The summed E-state index contributed by atoms with van der Waals surface area (Å²) in [5, 5.41) is 0.856. The van der Waals surface area contributed by atoms with Crippen molar-refractivity contribution in [3.8, 4) is 0 Å². The van der Waals surface area contributed by atoms with Crippen molar-refractivity contribution in [3.63, 3.8) is 0 Å². The third-order valence-corrected chi connectivity index (χ3v) is 4.95. The van der Waals surface area contributed by atoms with Crippen LogP contribution in [0.5, 0.6) is 0 Å². The summed E-state index contributed by atoms with van der Waals surface area (Å²) in [4.78, 5) is 14.2.